The molecular formula is C14H19NO3. The topological polar surface area (TPSA) is 55.4 Å². The van der Waals surface area contributed by atoms with E-state index in [4.69, 9.17) is 4.74 Å². The molecule has 1 aromatic rings. The second-order valence-electron chi connectivity index (χ2n) is 5.04. The Morgan fingerprint density at radius 3 is 2.39 bits per heavy atom. The molecule has 0 aliphatic carbocycles. The van der Waals surface area contributed by atoms with Gasteiger partial charge < -0.3 is 10.1 Å². The van der Waals surface area contributed by atoms with E-state index in [2.05, 4.69) is 5.32 Å². The van der Waals surface area contributed by atoms with Crippen LogP contribution in [0.5, 0.6) is 0 Å². The Hall–Kier alpha value is -1.84. The number of rotatable bonds is 4. The number of ether oxygens (including phenoxy) is 1. The van der Waals surface area contributed by atoms with Gasteiger partial charge in [-0.05, 0) is 32.8 Å². The number of alkyl carbamates (subject to hydrolysis) is 1. The summed E-state index contributed by atoms with van der Waals surface area (Å²) in [6, 6.07) is 7.27. The molecule has 98 valence electrons. The van der Waals surface area contributed by atoms with E-state index in [0.717, 1.165) is 11.8 Å². The third-order valence-corrected chi connectivity index (χ3v) is 2.20. The average Bonchev–Trinajstić information content (AvgIpc) is 2.27. The lowest BCUT2D eigenvalue weighted by Crippen LogP contribution is -2.33. The van der Waals surface area contributed by atoms with Crippen molar-refractivity contribution < 1.29 is 14.3 Å². The van der Waals surface area contributed by atoms with E-state index in [1.54, 1.807) is 12.1 Å². The quantitative estimate of drug-likeness (QED) is 0.834. The Morgan fingerprint density at radius 1 is 1.28 bits per heavy atom. The van der Waals surface area contributed by atoms with E-state index < -0.39 is 11.7 Å². The summed E-state index contributed by atoms with van der Waals surface area (Å²) < 4.78 is 5.12. The van der Waals surface area contributed by atoms with Gasteiger partial charge in [-0.15, -0.1) is 0 Å². The molecule has 1 amide bonds. The van der Waals surface area contributed by atoms with Crippen LogP contribution in [-0.4, -0.2) is 24.5 Å². The molecule has 18 heavy (non-hydrogen) atoms. The Kier molecular flexibility index (Phi) is 4.89. The minimum absolute atomic E-state index is 0.410. The van der Waals surface area contributed by atoms with Gasteiger partial charge in [0.05, 0.1) is 0 Å². The van der Waals surface area contributed by atoms with Gasteiger partial charge in [-0.2, -0.15) is 0 Å². The Bertz CT molecular complexity index is 404. The van der Waals surface area contributed by atoms with Crippen molar-refractivity contribution >= 4 is 12.4 Å². The van der Waals surface area contributed by atoms with Gasteiger partial charge in [-0.3, -0.25) is 4.79 Å². The lowest BCUT2D eigenvalue weighted by Gasteiger charge is -2.19. The maximum absolute atomic E-state index is 11.4. The normalized spacial score (nSPS) is 10.8. The van der Waals surface area contributed by atoms with Gasteiger partial charge in [-0.25, -0.2) is 4.79 Å². The Labute approximate surface area is 107 Å². The predicted octanol–water partition coefficient (Wildman–Crippen LogP) is 2.57. The molecule has 0 fully saturated rings. The summed E-state index contributed by atoms with van der Waals surface area (Å²) in [7, 11) is 0. The zero-order valence-electron chi connectivity index (χ0n) is 11.0. The number of hydrogen-bond donors (Lipinski definition) is 1. The van der Waals surface area contributed by atoms with E-state index in [9.17, 15) is 9.59 Å². The fraction of sp³-hybridized carbons (Fsp3) is 0.429. The minimum atomic E-state index is -0.476. The van der Waals surface area contributed by atoms with Crippen LogP contribution < -0.4 is 5.32 Å². The number of carbonyl (C=O) groups is 2. The summed E-state index contributed by atoms with van der Waals surface area (Å²) in [6.45, 7) is 5.98. The largest absolute Gasteiger partial charge is 0.444 e. The summed E-state index contributed by atoms with van der Waals surface area (Å²) >= 11 is 0. The molecule has 0 bridgehead atoms. The molecule has 1 N–H and O–H groups in total. The highest BCUT2D eigenvalue weighted by Crippen LogP contribution is 2.06. The molecule has 0 radical (unpaired) electrons. The van der Waals surface area contributed by atoms with Gasteiger partial charge in [0.1, 0.15) is 11.9 Å². The lowest BCUT2D eigenvalue weighted by molar-refractivity contribution is 0.0528. The van der Waals surface area contributed by atoms with Gasteiger partial charge in [0.15, 0.2) is 0 Å². The van der Waals surface area contributed by atoms with Crippen molar-refractivity contribution in [3.05, 3.63) is 35.4 Å². The van der Waals surface area contributed by atoms with Crippen LogP contribution in [0.4, 0.5) is 4.79 Å². The van der Waals surface area contributed by atoms with Gasteiger partial charge in [-0.1, -0.05) is 24.3 Å². The minimum Gasteiger partial charge on any atom is -0.444 e. The third kappa shape index (κ3) is 5.48. The smallest absolute Gasteiger partial charge is 0.407 e. The number of aldehydes is 1. The Morgan fingerprint density at radius 2 is 1.89 bits per heavy atom. The standard InChI is InChI=1S/C14H19NO3/c1-14(2,3)18-13(17)15-9-8-11-4-6-12(10-16)7-5-11/h4-7,10H,8-9H2,1-3H3,(H,15,17). The van der Waals surface area contributed by atoms with Crippen molar-refractivity contribution in [1.82, 2.24) is 5.32 Å². The van der Waals surface area contributed by atoms with Gasteiger partial charge in [0.25, 0.3) is 0 Å². The molecule has 0 spiro atoms. The molecule has 0 aromatic heterocycles. The highest BCUT2D eigenvalue weighted by Gasteiger charge is 2.15. The third-order valence-electron chi connectivity index (χ3n) is 2.20. The first-order chi connectivity index (χ1) is 8.40. The second-order valence-corrected chi connectivity index (χ2v) is 5.04. The molecule has 0 aliphatic heterocycles. The summed E-state index contributed by atoms with van der Waals surface area (Å²) in [4.78, 5) is 21.9. The Balaban J connectivity index is 2.33. The predicted molar refractivity (Wildman–Crippen MR) is 69.8 cm³/mol. The highest BCUT2D eigenvalue weighted by atomic mass is 16.6. The van der Waals surface area contributed by atoms with Gasteiger partial charge >= 0.3 is 6.09 Å². The van der Waals surface area contributed by atoms with Crippen LogP contribution in [0, 0.1) is 0 Å². The van der Waals surface area contributed by atoms with Crippen molar-refractivity contribution in [2.45, 2.75) is 32.8 Å². The lowest BCUT2D eigenvalue weighted by atomic mass is 10.1. The first kappa shape index (κ1) is 14.2. The number of amides is 1. The molecule has 0 atom stereocenters. The van der Waals surface area contributed by atoms with Crippen molar-refractivity contribution in [2.75, 3.05) is 6.54 Å². The van der Waals surface area contributed by atoms with Gasteiger partial charge in [0.2, 0.25) is 0 Å². The monoisotopic (exact) mass is 249 g/mol. The molecule has 4 nitrogen and oxygen atoms in total. The number of nitrogens with one attached hydrogen (secondary N) is 1. The SMILES string of the molecule is CC(C)(C)OC(=O)NCCc1ccc(C=O)cc1. The second kappa shape index (κ2) is 6.19. The summed E-state index contributed by atoms with van der Waals surface area (Å²) in [5, 5.41) is 2.69. The zero-order chi connectivity index (χ0) is 13.6. The van der Waals surface area contributed by atoms with Crippen LogP contribution >= 0.6 is 0 Å². The summed E-state index contributed by atoms with van der Waals surface area (Å²) in [5.41, 5.74) is 1.24. The van der Waals surface area contributed by atoms with E-state index >= 15 is 0 Å². The van der Waals surface area contributed by atoms with Crippen LogP contribution in [0.1, 0.15) is 36.7 Å². The molecule has 0 saturated heterocycles. The summed E-state index contributed by atoms with van der Waals surface area (Å²) in [6.07, 6.45) is 1.10. The molecule has 1 rings (SSSR count). The maximum atomic E-state index is 11.4. The molecule has 0 unspecified atom stereocenters. The molecule has 0 heterocycles. The van der Waals surface area contributed by atoms with Crippen molar-refractivity contribution in [3.8, 4) is 0 Å². The van der Waals surface area contributed by atoms with Crippen LogP contribution in [-0.2, 0) is 11.2 Å². The number of carbonyl (C=O) groups excluding carboxylic acids is 2. The fourth-order valence-electron chi connectivity index (χ4n) is 1.39. The van der Waals surface area contributed by atoms with E-state index in [1.165, 1.54) is 0 Å². The van der Waals surface area contributed by atoms with Crippen molar-refractivity contribution in [1.29, 1.82) is 0 Å². The van der Waals surface area contributed by atoms with Crippen LogP contribution in [0.2, 0.25) is 0 Å². The van der Waals surface area contributed by atoms with E-state index in [0.29, 0.717) is 18.5 Å². The zero-order valence-corrected chi connectivity index (χ0v) is 11.0. The van der Waals surface area contributed by atoms with E-state index in [-0.39, 0.29) is 0 Å². The van der Waals surface area contributed by atoms with Crippen LogP contribution in [0.3, 0.4) is 0 Å². The van der Waals surface area contributed by atoms with Crippen molar-refractivity contribution in [2.24, 2.45) is 0 Å². The first-order valence-electron chi connectivity index (χ1n) is 5.92. The molecular weight excluding hydrogens is 230 g/mol. The van der Waals surface area contributed by atoms with Crippen LogP contribution in [0.25, 0.3) is 0 Å². The summed E-state index contributed by atoms with van der Waals surface area (Å²) in [5.74, 6) is 0. The van der Waals surface area contributed by atoms with Crippen molar-refractivity contribution in [3.63, 3.8) is 0 Å². The highest BCUT2D eigenvalue weighted by molar-refractivity contribution is 5.74. The maximum Gasteiger partial charge on any atom is 0.407 e. The number of hydrogen-bond acceptors (Lipinski definition) is 3. The van der Waals surface area contributed by atoms with Gasteiger partial charge in [0, 0.05) is 12.1 Å². The molecule has 0 aliphatic rings. The molecule has 4 heteroatoms. The number of benzene rings is 1. The average molecular weight is 249 g/mol. The molecule has 0 saturated carbocycles. The first-order valence-corrected chi connectivity index (χ1v) is 5.92. The fourth-order valence-corrected chi connectivity index (χ4v) is 1.39. The molecule has 1 aromatic carbocycles. The van der Waals surface area contributed by atoms with E-state index in [1.807, 2.05) is 32.9 Å². The van der Waals surface area contributed by atoms with Crippen LogP contribution in [0.15, 0.2) is 24.3 Å².